The molecule has 4 N–H and O–H groups in total. The zero-order valence-corrected chi connectivity index (χ0v) is 22.6. The molecule has 0 unspecified atom stereocenters. The van der Waals surface area contributed by atoms with Crippen molar-refractivity contribution < 1.29 is 0 Å². The lowest BCUT2D eigenvalue weighted by Gasteiger charge is -2.33. The highest BCUT2D eigenvalue weighted by Gasteiger charge is 2.25. The lowest BCUT2D eigenvalue weighted by Crippen LogP contribution is -2.49. The Bertz CT molecular complexity index is 993. The molecule has 0 bridgehead atoms. The molecule has 0 spiro atoms. The van der Waals surface area contributed by atoms with Gasteiger partial charge in [0, 0.05) is 75.1 Å². The minimum absolute atomic E-state index is 0.516. The Morgan fingerprint density at radius 2 is 0.816 bits per heavy atom. The quantitative estimate of drug-likeness (QED) is 0.278. The fourth-order valence-corrected chi connectivity index (χ4v) is 6.09. The summed E-state index contributed by atoms with van der Waals surface area (Å²) in [6.45, 7) is 3.66. The van der Waals surface area contributed by atoms with E-state index in [0.29, 0.717) is 24.2 Å². The number of nitrogens with zero attached hydrogens (tertiary/aromatic N) is 2. The molecule has 2 aliphatic carbocycles. The van der Waals surface area contributed by atoms with Crippen molar-refractivity contribution in [3.05, 3.63) is 95.6 Å². The first-order chi connectivity index (χ1) is 18.8. The Balaban J connectivity index is 1.10. The van der Waals surface area contributed by atoms with Gasteiger partial charge in [-0.25, -0.2) is 0 Å². The minimum atomic E-state index is 0.516. The fraction of sp³-hybridized carbons (Fsp3) is 0.500. The third-order valence-corrected chi connectivity index (χ3v) is 8.30. The van der Waals surface area contributed by atoms with Gasteiger partial charge < -0.3 is 21.3 Å². The lowest BCUT2D eigenvalue weighted by atomic mass is 9.89. The maximum Gasteiger partial charge on any atom is 0.0271 e. The molecule has 1 aromatic carbocycles. The average molecular weight is 513 g/mol. The summed E-state index contributed by atoms with van der Waals surface area (Å²) in [6.07, 6.45) is 17.7. The largest absolute Gasteiger partial charge is 0.308 e. The number of aromatic nitrogens is 2. The van der Waals surface area contributed by atoms with Crippen molar-refractivity contribution in [2.24, 2.45) is 0 Å². The topological polar surface area (TPSA) is 73.9 Å². The fourth-order valence-electron chi connectivity index (χ4n) is 6.09. The van der Waals surface area contributed by atoms with Gasteiger partial charge in [0.2, 0.25) is 0 Å². The maximum absolute atomic E-state index is 4.14. The van der Waals surface area contributed by atoms with Gasteiger partial charge in [0.25, 0.3) is 0 Å². The zero-order chi connectivity index (χ0) is 25.8. The van der Waals surface area contributed by atoms with E-state index >= 15 is 0 Å². The Kier molecular flexibility index (Phi) is 10.3. The first-order valence-corrected chi connectivity index (χ1v) is 14.6. The summed E-state index contributed by atoms with van der Waals surface area (Å²) in [6, 6.07) is 19.6. The lowest BCUT2D eigenvalue weighted by molar-refractivity contribution is 0.280. The molecule has 6 heteroatoms. The molecule has 2 fully saturated rings. The average Bonchev–Trinajstić information content (AvgIpc) is 2.99. The Morgan fingerprint density at radius 1 is 0.474 bits per heavy atom. The van der Waals surface area contributed by atoms with Crippen LogP contribution in [0.3, 0.4) is 0 Å². The van der Waals surface area contributed by atoms with Gasteiger partial charge >= 0.3 is 0 Å². The van der Waals surface area contributed by atoms with Gasteiger partial charge in [0.1, 0.15) is 0 Å². The number of hydrogen-bond donors (Lipinski definition) is 4. The highest BCUT2D eigenvalue weighted by molar-refractivity contribution is 5.23. The number of benzene rings is 1. The third kappa shape index (κ3) is 8.18. The molecule has 4 atom stereocenters. The standard InChI is InChI=1S/C32H44N6/c1-3-10-31(29(8-1)35-21-25-12-16-33-17-13-25)37-23-27-6-5-7-28(20-27)24-38-32-11-4-2-9-30(32)36-22-26-14-18-34-19-15-26/h5-7,12-20,29-32,35-38H,1-4,8-11,21-24H2/t29-,30-,31-,32-/m1/s1. The van der Waals surface area contributed by atoms with E-state index in [-0.39, 0.29) is 0 Å². The predicted molar refractivity (Wildman–Crippen MR) is 154 cm³/mol. The molecule has 0 aliphatic heterocycles. The van der Waals surface area contributed by atoms with Crippen LogP contribution in [0.1, 0.15) is 73.6 Å². The molecule has 2 aromatic heterocycles. The highest BCUT2D eigenvalue weighted by Crippen LogP contribution is 2.21. The van der Waals surface area contributed by atoms with E-state index in [2.05, 4.69) is 79.8 Å². The molecule has 3 aromatic rings. The third-order valence-electron chi connectivity index (χ3n) is 8.30. The van der Waals surface area contributed by atoms with Crippen molar-refractivity contribution in [1.29, 1.82) is 0 Å². The number of rotatable bonds is 12. The Morgan fingerprint density at radius 3 is 1.18 bits per heavy atom. The number of nitrogens with one attached hydrogen (secondary N) is 4. The molecule has 38 heavy (non-hydrogen) atoms. The molecule has 0 amide bonds. The number of pyridine rings is 2. The van der Waals surface area contributed by atoms with Crippen LogP contribution in [0.25, 0.3) is 0 Å². The van der Waals surface area contributed by atoms with Crippen molar-refractivity contribution in [1.82, 2.24) is 31.2 Å². The summed E-state index contributed by atoms with van der Waals surface area (Å²) in [5.41, 5.74) is 5.35. The molecule has 2 heterocycles. The van der Waals surface area contributed by atoms with Crippen LogP contribution in [0.4, 0.5) is 0 Å². The summed E-state index contributed by atoms with van der Waals surface area (Å²) in [4.78, 5) is 8.28. The van der Waals surface area contributed by atoms with Crippen LogP contribution in [0.5, 0.6) is 0 Å². The van der Waals surface area contributed by atoms with Gasteiger partial charge in [-0.1, -0.05) is 49.9 Å². The van der Waals surface area contributed by atoms with E-state index < -0.39 is 0 Å². The van der Waals surface area contributed by atoms with Crippen LogP contribution in [0.15, 0.2) is 73.3 Å². The Hall–Kier alpha value is -2.64. The van der Waals surface area contributed by atoms with Crippen LogP contribution >= 0.6 is 0 Å². The van der Waals surface area contributed by atoms with Crippen molar-refractivity contribution in [2.75, 3.05) is 0 Å². The first-order valence-electron chi connectivity index (χ1n) is 14.6. The summed E-state index contributed by atoms with van der Waals surface area (Å²) in [5.74, 6) is 0. The molecule has 202 valence electrons. The molecule has 2 saturated carbocycles. The summed E-state index contributed by atoms with van der Waals surface area (Å²) in [5, 5.41) is 15.4. The van der Waals surface area contributed by atoms with E-state index in [0.717, 1.165) is 26.2 Å². The maximum atomic E-state index is 4.14. The SMILES string of the molecule is c1cc(CN[C@@H]2CCCC[C@H]2NCc2ccncc2)cc(CN[C@@H]2CCCC[C@H]2NCc2ccncc2)c1. The van der Waals surface area contributed by atoms with Crippen molar-refractivity contribution >= 4 is 0 Å². The van der Waals surface area contributed by atoms with Gasteiger partial charge in [-0.3, -0.25) is 9.97 Å². The molecular formula is C32H44N6. The van der Waals surface area contributed by atoms with Crippen LogP contribution in [0.2, 0.25) is 0 Å². The molecule has 0 saturated heterocycles. The predicted octanol–water partition coefficient (Wildman–Crippen LogP) is 4.86. The molecule has 2 aliphatic rings. The van der Waals surface area contributed by atoms with Gasteiger partial charge in [0.05, 0.1) is 0 Å². The monoisotopic (exact) mass is 512 g/mol. The van der Waals surface area contributed by atoms with Gasteiger partial charge in [-0.2, -0.15) is 0 Å². The second-order valence-electron chi connectivity index (χ2n) is 11.0. The smallest absolute Gasteiger partial charge is 0.0271 e. The first kappa shape index (κ1) is 26.9. The highest BCUT2D eigenvalue weighted by atomic mass is 15.0. The van der Waals surface area contributed by atoms with E-state index in [1.165, 1.54) is 73.6 Å². The molecular weight excluding hydrogens is 468 g/mol. The molecule has 6 nitrogen and oxygen atoms in total. The normalized spacial score (nSPS) is 23.8. The van der Waals surface area contributed by atoms with Crippen LogP contribution in [0, 0.1) is 0 Å². The van der Waals surface area contributed by atoms with Crippen LogP contribution in [-0.4, -0.2) is 34.1 Å². The summed E-state index contributed by atoms with van der Waals surface area (Å²) >= 11 is 0. The van der Waals surface area contributed by atoms with E-state index in [4.69, 9.17) is 0 Å². The summed E-state index contributed by atoms with van der Waals surface area (Å²) in [7, 11) is 0. The van der Waals surface area contributed by atoms with Crippen molar-refractivity contribution in [2.45, 2.75) is 102 Å². The summed E-state index contributed by atoms with van der Waals surface area (Å²) < 4.78 is 0. The Labute approximate surface area is 228 Å². The number of hydrogen-bond acceptors (Lipinski definition) is 6. The van der Waals surface area contributed by atoms with E-state index in [9.17, 15) is 0 Å². The van der Waals surface area contributed by atoms with Crippen molar-refractivity contribution in [3.63, 3.8) is 0 Å². The van der Waals surface area contributed by atoms with Crippen LogP contribution < -0.4 is 21.3 Å². The van der Waals surface area contributed by atoms with Crippen molar-refractivity contribution in [3.8, 4) is 0 Å². The zero-order valence-electron chi connectivity index (χ0n) is 22.6. The second kappa shape index (κ2) is 14.5. The van der Waals surface area contributed by atoms with Gasteiger partial charge in [-0.05, 0) is 72.2 Å². The van der Waals surface area contributed by atoms with Gasteiger partial charge in [0.15, 0.2) is 0 Å². The molecule has 0 radical (unpaired) electrons. The van der Waals surface area contributed by atoms with Crippen LogP contribution in [-0.2, 0) is 26.2 Å². The molecule has 5 rings (SSSR count). The van der Waals surface area contributed by atoms with Gasteiger partial charge in [-0.15, -0.1) is 0 Å². The minimum Gasteiger partial charge on any atom is -0.308 e. The second-order valence-corrected chi connectivity index (χ2v) is 11.0. The van der Waals surface area contributed by atoms with E-state index in [1.54, 1.807) is 0 Å². The van der Waals surface area contributed by atoms with E-state index in [1.807, 2.05) is 24.8 Å².